The van der Waals surface area contributed by atoms with Crippen LogP contribution in [0.15, 0.2) is 36.4 Å². The van der Waals surface area contributed by atoms with Crippen LogP contribution in [-0.4, -0.2) is 39.4 Å². The number of nitrogens with zero attached hydrogens (tertiary/aromatic N) is 3. The van der Waals surface area contributed by atoms with Gasteiger partial charge in [0.25, 0.3) is 0 Å². The molecule has 150 valence electrons. The average Bonchev–Trinajstić information content (AvgIpc) is 3.30. The number of H-pyrrole nitrogens is 2. The molecule has 3 heterocycles. The molecule has 1 aliphatic heterocycles. The van der Waals surface area contributed by atoms with Crippen molar-refractivity contribution in [3.8, 4) is 11.5 Å². The molecule has 0 bridgehead atoms. The molecule has 8 heteroatoms. The first-order valence-electron chi connectivity index (χ1n) is 9.65. The summed E-state index contributed by atoms with van der Waals surface area (Å²) in [4.78, 5) is 9.99. The van der Waals surface area contributed by atoms with Gasteiger partial charge in [0.15, 0.2) is 5.82 Å². The van der Waals surface area contributed by atoms with Gasteiger partial charge in [-0.25, -0.2) is 4.98 Å². The highest BCUT2D eigenvalue weighted by molar-refractivity contribution is 5.93. The molecule has 0 radical (unpaired) electrons. The van der Waals surface area contributed by atoms with Crippen LogP contribution in [0.4, 0.5) is 18.9 Å². The minimum absolute atomic E-state index is 0.133. The van der Waals surface area contributed by atoms with E-state index in [9.17, 15) is 13.2 Å². The number of aromatic amines is 2. The second-order valence-corrected chi connectivity index (χ2v) is 7.71. The molecule has 2 aromatic carbocycles. The second kappa shape index (κ2) is 6.50. The smallest absolute Gasteiger partial charge is 0.371 e. The third-order valence-electron chi connectivity index (χ3n) is 5.73. The van der Waals surface area contributed by atoms with E-state index in [1.807, 2.05) is 42.2 Å². The first-order valence-corrected chi connectivity index (χ1v) is 9.65. The molecular formula is C21H20F3N5. The van der Waals surface area contributed by atoms with Gasteiger partial charge in [-0.1, -0.05) is 11.6 Å². The predicted molar refractivity (Wildman–Crippen MR) is 107 cm³/mol. The number of benzene rings is 2. The van der Waals surface area contributed by atoms with Crippen molar-refractivity contribution in [2.45, 2.75) is 25.9 Å². The van der Waals surface area contributed by atoms with Gasteiger partial charge in [-0.15, -0.1) is 0 Å². The molecule has 0 saturated carbocycles. The summed E-state index contributed by atoms with van der Waals surface area (Å²) in [7, 11) is 0. The summed E-state index contributed by atoms with van der Waals surface area (Å²) in [6.07, 6.45) is -3.83. The Morgan fingerprint density at radius 1 is 1.03 bits per heavy atom. The molecule has 29 heavy (non-hydrogen) atoms. The van der Waals surface area contributed by atoms with E-state index >= 15 is 0 Å². The predicted octanol–water partition coefficient (Wildman–Crippen LogP) is 5.19. The Morgan fingerprint density at radius 2 is 1.83 bits per heavy atom. The molecule has 5 nitrogen and oxygen atoms in total. The fourth-order valence-corrected chi connectivity index (χ4v) is 4.08. The first-order chi connectivity index (χ1) is 13.9. The maximum atomic E-state index is 12.9. The highest BCUT2D eigenvalue weighted by Crippen LogP contribution is 2.36. The molecule has 0 amide bonds. The van der Waals surface area contributed by atoms with E-state index in [0.717, 1.165) is 38.9 Å². The lowest BCUT2D eigenvalue weighted by Gasteiger charge is -2.34. The van der Waals surface area contributed by atoms with Crippen LogP contribution in [0.25, 0.3) is 33.5 Å². The van der Waals surface area contributed by atoms with Crippen molar-refractivity contribution < 1.29 is 13.2 Å². The van der Waals surface area contributed by atoms with Crippen LogP contribution < -0.4 is 4.90 Å². The van der Waals surface area contributed by atoms with Crippen LogP contribution in [0.1, 0.15) is 18.4 Å². The standard InChI is InChI=1S/C21H20F3N5/c1-12-2-4-16-15(10-12)19(28-27-16)20-25-17-5-3-14(11-18(17)26-20)29-8-6-13(7-9-29)21(22,23)24/h2-5,10-11,13H,6-9H2,1H3,(H,25,26)(H,27,28). The topological polar surface area (TPSA) is 60.6 Å². The number of rotatable bonds is 2. The zero-order valence-corrected chi connectivity index (χ0v) is 15.8. The van der Waals surface area contributed by atoms with Gasteiger partial charge in [-0.2, -0.15) is 18.3 Å². The number of imidazole rings is 1. The van der Waals surface area contributed by atoms with E-state index < -0.39 is 12.1 Å². The van der Waals surface area contributed by atoms with Gasteiger partial charge in [-0.3, -0.25) is 5.10 Å². The van der Waals surface area contributed by atoms with Gasteiger partial charge in [0.2, 0.25) is 0 Å². The number of alkyl halides is 3. The number of fused-ring (bicyclic) bond motifs is 2. The number of halogens is 3. The van der Waals surface area contributed by atoms with Crippen LogP contribution in [0.5, 0.6) is 0 Å². The van der Waals surface area contributed by atoms with Gasteiger partial charge in [0.05, 0.1) is 22.5 Å². The van der Waals surface area contributed by atoms with Crippen molar-refractivity contribution in [2.75, 3.05) is 18.0 Å². The van der Waals surface area contributed by atoms with Gasteiger partial charge < -0.3 is 9.88 Å². The third kappa shape index (κ3) is 3.22. The van der Waals surface area contributed by atoms with Crippen molar-refractivity contribution in [3.05, 3.63) is 42.0 Å². The molecule has 0 atom stereocenters. The lowest BCUT2D eigenvalue weighted by Crippen LogP contribution is -2.38. The molecular weight excluding hydrogens is 379 g/mol. The molecule has 1 fully saturated rings. The first kappa shape index (κ1) is 18.0. The summed E-state index contributed by atoms with van der Waals surface area (Å²) in [6.45, 7) is 2.84. The van der Waals surface area contributed by atoms with E-state index in [4.69, 9.17) is 0 Å². The zero-order valence-electron chi connectivity index (χ0n) is 15.8. The summed E-state index contributed by atoms with van der Waals surface area (Å²) in [6, 6.07) is 11.9. The number of hydrogen-bond donors (Lipinski definition) is 2. The van der Waals surface area contributed by atoms with Crippen LogP contribution in [0.3, 0.4) is 0 Å². The fraction of sp³-hybridized carbons (Fsp3) is 0.333. The van der Waals surface area contributed by atoms with Gasteiger partial charge >= 0.3 is 6.18 Å². The van der Waals surface area contributed by atoms with E-state index in [-0.39, 0.29) is 12.8 Å². The quantitative estimate of drug-likeness (QED) is 0.487. The Balaban J connectivity index is 1.44. The number of nitrogens with one attached hydrogen (secondary N) is 2. The number of anilines is 1. The molecule has 0 spiro atoms. The summed E-state index contributed by atoms with van der Waals surface area (Å²) >= 11 is 0. The fourth-order valence-electron chi connectivity index (χ4n) is 4.08. The molecule has 4 aromatic rings. The lowest BCUT2D eigenvalue weighted by molar-refractivity contribution is -0.179. The van der Waals surface area contributed by atoms with Gasteiger partial charge in [0.1, 0.15) is 5.69 Å². The van der Waals surface area contributed by atoms with E-state index in [1.54, 1.807) is 0 Å². The maximum absolute atomic E-state index is 12.9. The van der Waals surface area contributed by atoms with Gasteiger partial charge in [0, 0.05) is 24.2 Å². The van der Waals surface area contributed by atoms with Crippen molar-refractivity contribution in [1.82, 2.24) is 20.2 Å². The number of hydrogen-bond acceptors (Lipinski definition) is 3. The minimum Gasteiger partial charge on any atom is -0.371 e. The maximum Gasteiger partial charge on any atom is 0.391 e. The lowest BCUT2D eigenvalue weighted by atomic mass is 9.96. The molecule has 0 unspecified atom stereocenters. The molecule has 1 aliphatic rings. The molecule has 5 rings (SSSR count). The molecule has 2 N–H and O–H groups in total. The highest BCUT2D eigenvalue weighted by Gasteiger charge is 2.41. The SMILES string of the molecule is Cc1ccc2[nH]nc(-c3nc4ccc(N5CCC(C(F)(F)F)CC5)cc4[nH]3)c2c1. The summed E-state index contributed by atoms with van der Waals surface area (Å²) in [5, 5.41) is 8.44. The van der Waals surface area contributed by atoms with E-state index in [1.165, 1.54) is 0 Å². The monoisotopic (exact) mass is 399 g/mol. The van der Waals surface area contributed by atoms with Crippen LogP contribution in [0.2, 0.25) is 0 Å². The number of aryl methyl sites for hydroxylation is 1. The van der Waals surface area contributed by atoms with Gasteiger partial charge in [-0.05, 0) is 50.1 Å². The summed E-state index contributed by atoms with van der Waals surface area (Å²) < 4.78 is 38.7. The van der Waals surface area contributed by atoms with Crippen molar-refractivity contribution in [3.63, 3.8) is 0 Å². The highest BCUT2D eigenvalue weighted by atomic mass is 19.4. The molecule has 1 saturated heterocycles. The number of aromatic nitrogens is 4. The summed E-state index contributed by atoms with van der Waals surface area (Å²) in [5.41, 5.74) is 5.40. The largest absolute Gasteiger partial charge is 0.391 e. The van der Waals surface area contributed by atoms with Crippen molar-refractivity contribution >= 4 is 27.6 Å². The Hall–Kier alpha value is -3.03. The Bertz CT molecular complexity index is 1180. The van der Waals surface area contributed by atoms with Crippen LogP contribution in [-0.2, 0) is 0 Å². The van der Waals surface area contributed by atoms with E-state index in [2.05, 4.69) is 26.2 Å². The zero-order chi connectivity index (χ0) is 20.2. The number of piperidine rings is 1. The van der Waals surface area contributed by atoms with E-state index in [0.29, 0.717) is 18.9 Å². The van der Waals surface area contributed by atoms with Crippen molar-refractivity contribution in [2.24, 2.45) is 5.92 Å². The van der Waals surface area contributed by atoms with Crippen LogP contribution in [0, 0.1) is 12.8 Å². The minimum atomic E-state index is -4.10. The molecule has 2 aromatic heterocycles. The second-order valence-electron chi connectivity index (χ2n) is 7.71. The third-order valence-corrected chi connectivity index (χ3v) is 5.73. The Labute approximate surface area is 164 Å². The average molecular weight is 399 g/mol. The summed E-state index contributed by atoms with van der Waals surface area (Å²) in [5.74, 6) is -0.526. The van der Waals surface area contributed by atoms with Crippen LogP contribution >= 0.6 is 0 Å². The Morgan fingerprint density at radius 3 is 2.59 bits per heavy atom. The normalized spacial score (nSPS) is 16.2. The van der Waals surface area contributed by atoms with Crippen molar-refractivity contribution in [1.29, 1.82) is 0 Å². The molecule has 0 aliphatic carbocycles. The Kier molecular flexibility index (Phi) is 4.04.